The number of benzene rings is 1. The first kappa shape index (κ1) is 13.1. The van der Waals surface area contributed by atoms with E-state index in [1.54, 1.807) is 0 Å². The van der Waals surface area contributed by atoms with E-state index in [9.17, 15) is 0 Å². The second kappa shape index (κ2) is 6.55. The lowest BCUT2D eigenvalue weighted by molar-refractivity contribution is 0.317. The molecule has 1 nitrogen and oxygen atoms in total. The van der Waals surface area contributed by atoms with Crippen LogP contribution in [-0.2, 0) is 6.42 Å². The maximum absolute atomic E-state index is 6.27. The third-order valence-corrected chi connectivity index (χ3v) is 4.24. The van der Waals surface area contributed by atoms with Gasteiger partial charge in [-0.25, -0.2) is 0 Å². The highest BCUT2D eigenvalue weighted by Gasteiger charge is 2.16. The van der Waals surface area contributed by atoms with E-state index >= 15 is 0 Å². The average molecular weight is 296 g/mol. The first-order valence-electron chi connectivity index (χ1n) is 6.74. The van der Waals surface area contributed by atoms with Crippen molar-refractivity contribution in [3.63, 3.8) is 0 Å². The Hall–Kier alpha value is -0.340. The third kappa shape index (κ3) is 4.44. The van der Waals surface area contributed by atoms with Crippen LogP contribution in [0, 0.1) is 5.92 Å². The number of rotatable bonds is 4. The Labute approximate surface area is 113 Å². The molecule has 17 heavy (non-hydrogen) atoms. The van der Waals surface area contributed by atoms with Crippen LogP contribution >= 0.6 is 15.9 Å². The summed E-state index contributed by atoms with van der Waals surface area (Å²) in [4.78, 5) is 0. The van der Waals surface area contributed by atoms with Crippen LogP contribution in [0.5, 0.6) is 0 Å². The minimum atomic E-state index is 0.326. The van der Waals surface area contributed by atoms with Crippen molar-refractivity contribution in [2.45, 2.75) is 51.0 Å². The summed E-state index contributed by atoms with van der Waals surface area (Å²) in [5, 5.41) is 0. The first-order valence-corrected chi connectivity index (χ1v) is 7.53. The van der Waals surface area contributed by atoms with Gasteiger partial charge in [-0.1, -0.05) is 60.2 Å². The van der Waals surface area contributed by atoms with Gasteiger partial charge in [-0.2, -0.15) is 0 Å². The van der Waals surface area contributed by atoms with E-state index in [0.29, 0.717) is 6.04 Å². The molecule has 0 heterocycles. The summed E-state index contributed by atoms with van der Waals surface area (Å²) in [7, 11) is 0. The zero-order valence-electron chi connectivity index (χ0n) is 10.4. The lowest BCUT2D eigenvalue weighted by Crippen LogP contribution is -2.27. The van der Waals surface area contributed by atoms with Gasteiger partial charge in [0, 0.05) is 10.5 Å². The van der Waals surface area contributed by atoms with Crippen molar-refractivity contribution in [2.24, 2.45) is 11.7 Å². The van der Waals surface area contributed by atoms with Gasteiger partial charge < -0.3 is 5.73 Å². The molecule has 1 atom stereocenters. The summed E-state index contributed by atoms with van der Waals surface area (Å²) in [6.07, 6.45) is 9.25. The van der Waals surface area contributed by atoms with Crippen LogP contribution in [0.2, 0.25) is 0 Å². The molecule has 1 aliphatic rings. The lowest BCUT2D eigenvalue weighted by Gasteiger charge is -2.24. The molecule has 0 aliphatic heterocycles. The molecule has 1 fully saturated rings. The van der Waals surface area contributed by atoms with Crippen molar-refractivity contribution in [2.75, 3.05) is 0 Å². The quantitative estimate of drug-likeness (QED) is 0.881. The summed E-state index contributed by atoms with van der Waals surface area (Å²) in [6, 6.07) is 8.84. The molecule has 94 valence electrons. The summed E-state index contributed by atoms with van der Waals surface area (Å²) >= 11 is 3.51. The van der Waals surface area contributed by atoms with Crippen LogP contribution in [0.25, 0.3) is 0 Å². The SMILES string of the molecule is NC(Cc1cccc(Br)c1)CC1CCCCC1. The van der Waals surface area contributed by atoms with Gasteiger partial charge in [0.1, 0.15) is 0 Å². The van der Waals surface area contributed by atoms with Crippen LogP contribution in [0.1, 0.15) is 44.1 Å². The fourth-order valence-electron chi connectivity index (χ4n) is 2.90. The molecule has 1 aliphatic carbocycles. The molecule has 0 amide bonds. The molecule has 0 spiro atoms. The molecule has 1 aromatic rings. The van der Waals surface area contributed by atoms with Crippen LogP contribution in [0.4, 0.5) is 0 Å². The van der Waals surface area contributed by atoms with Crippen molar-refractivity contribution >= 4 is 15.9 Å². The maximum atomic E-state index is 6.27. The molecule has 2 N–H and O–H groups in total. The Kier molecular flexibility index (Phi) is 5.05. The molecule has 2 rings (SSSR count). The van der Waals surface area contributed by atoms with Crippen LogP contribution in [0.3, 0.4) is 0 Å². The zero-order valence-corrected chi connectivity index (χ0v) is 12.0. The summed E-state index contributed by atoms with van der Waals surface area (Å²) in [5.74, 6) is 0.880. The Morgan fingerprint density at radius 2 is 2.00 bits per heavy atom. The van der Waals surface area contributed by atoms with Gasteiger partial charge in [0.25, 0.3) is 0 Å². The second-order valence-electron chi connectivity index (χ2n) is 5.33. The van der Waals surface area contributed by atoms with E-state index < -0.39 is 0 Å². The van der Waals surface area contributed by atoms with Gasteiger partial charge in [0.05, 0.1) is 0 Å². The molecule has 0 radical (unpaired) electrons. The average Bonchev–Trinajstić information content (AvgIpc) is 2.30. The number of hydrogen-bond donors (Lipinski definition) is 1. The lowest BCUT2D eigenvalue weighted by atomic mass is 9.84. The molecule has 1 saturated carbocycles. The van der Waals surface area contributed by atoms with Gasteiger partial charge in [-0.15, -0.1) is 0 Å². The van der Waals surface area contributed by atoms with Crippen molar-refractivity contribution in [1.82, 2.24) is 0 Å². The highest BCUT2D eigenvalue weighted by atomic mass is 79.9. The first-order chi connectivity index (χ1) is 8.24. The van der Waals surface area contributed by atoms with Gasteiger partial charge >= 0.3 is 0 Å². The number of nitrogens with two attached hydrogens (primary N) is 1. The monoisotopic (exact) mass is 295 g/mol. The molecule has 0 saturated heterocycles. The van der Waals surface area contributed by atoms with Gasteiger partial charge in [-0.05, 0) is 36.5 Å². The van der Waals surface area contributed by atoms with Gasteiger partial charge in [-0.3, -0.25) is 0 Å². The van der Waals surface area contributed by atoms with Crippen LogP contribution < -0.4 is 5.73 Å². The van der Waals surface area contributed by atoms with Gasteiger partial charge in [0.15, 0.2) is 0 Å². The highest BCUT2D eigenvalue weighted by Crippen LogP contribution is 2.27. The fourth-order valence-corrected chi connectivity index (χ4v) is 3.35. The van der Waals surface area contributed by atoms with E-state index in [2.05, 4.69) is 40.2 Å². The molecular formula is C15H22BrN. The van der Waals surface area contributed by atoms with Crippen molar-refractivity contribution in [3.8, 4) is 0 Å². The fraction of sp³-hybridized carbons (Fsp3) is 0.600. The molecule has 0 bridgehead atoms. The van der Waals surface area contributed by atoms with E-state index in [1.165, 1.54) is 44.1 Å². The number of halogens is 1. The van der Waals surface area contributed by atoms with Crippen LogP contribution in [0.15, 0.2) is 28.7 Å². The van der Waals surface area contributed by atoms with Crippen LogP contribution in [-0.4, -0.2) is 6.04 Å². The Balaban J connectivity index is 1.82. The van der Waals surface area contributed by atoms with E-state index in [4.69, 9.17) is 5.73 Å². The Morgan fingerprint density at radius 1 is 1.24 bits per heavy atom. The summed E-state index contributed by atoms with van der Waals surface area (Å²) in [5.41, 5.74) is 7.62. The van der Waals surface area contributed by atoms with E-state index in [1.807, 2.05) is 0 Å². The minimum Gasteiger partial charge on any atom is -0.327 e. The summed E-state index contributed by atoms with van der Waals surface area (Å²) < 4.78 is 1.15. The molecule has 1 unspecified atom stereocenters. The second-order valence-corrected chi connectivity index (χ2v) is 6.25. The van der Waals surface area contributed by atoms with E-state index in [0.717, 1.165) is 16.8 Å². The normalized spacial score (nSPS) is 19.2. The predicted octanol–water partition coefficient (Wildman–Crippen LogP) is 4.29. The van der Waals surface area contributed by atoms with Crippen molar-refractivity contribution < 1.29 is 0 Å². The smallest absolute Gasteiger partial charge is 0.0178 e. The highest BCUT2D eigenvalue weighted by molar-refractivity contribution is 9.10. The summed E-state index contributed by atoms with van der Waals surface area (Å²) in [6.45, 7) is 0. The molecular weight excluding hydrogens is 274 g/mol. The largest absolute Gasteiger partial charge is 0.327 e. The van der Waals surface area contributed by atoms with E-state index in [-0.39, 0.29) is 0 Å². The third-order valence-electron chi connectivity index (χ3n) is 3.75. The van der Waals surface area contributed by atoms with Gasteiger partial charge in [0.2, 0.25) is 0 Å². The Morgan fingerprint density at radius 3 is 2.71 bits per heavy atom. The van der Waals surface area contributed by atoms with Crippen molar-refractivity contribution in [1.29, 1.82) is 0 Å². The number of hydrogen-bond acceptors (Lipinski definition) is 1. The van der Waals surface area contributed by atoms with Crippen molar-refractivity contribution in [3.05, 3.63) is 34.3 Å². The topological polar surface area (TPSA) is 26.0 Å². The molecule has 0 aromatic heterocycles. The predicted molar refractivity (Wildman–Crippen MR) is 77.0 cm³/mol. The molecule has 2 heteroatoms. The molecule has 1 aromatic carbocycles. The standard InChI is InChI=1S/C15H22BrN/c16-14-8-4-7-13(9-14)11-15(17)10-12-5-2-1-3-6-12/h4,7-9,12,15H,1-3,5-6,10-11,17H2. The maximum Gasteiger partial charge on any atom is 0.0178 e. The minimum absolute atomic E-state index is 0.326. The Bertz CT molecular complexity index is 345. The zero-order chi connectivity index (χ0) is 12.1.